The Labute approximate surface area is 142 Å². The molecule has 4 heteroatoms. The molecule has 0 saturated carbocycles. The predicted molar refractivity (Wildman–Crippen MR) is 96.7 cm³/mol. The average molecular weight is 321 g/mol. The van der Waals surface area contributed by atoms with Gasteiger partial charge in [-0.15, -0.1) is 4.59 Å². The van der Waals surface area contributed by atoms with Gasteiger partial charge in [0.2, 0.25) is 0 Å². The zero-order valence-corrected chi connectivity index (χ0v) is 13.7. The number of hydrogen-bond acceptors (Lipinski definition) is 2. The molecule has 0 fully saturated rings. The van der Waals surface area contributed by atoms with Gasteiger partial charge in [0.05, 0.1) is 0 Å². The van der Waals surface area contributed by atoms with E-state index in [1.807, 2.05) is 55.5 Å². The summed E-state index contributed by atoms with van der Waals surface area (Å²) >= 11 is 0. The Morgan fingerprint density at radius 3 is 2.21 bits per heavy atom. The highest BCUT2D eigenvalue weighted by Crippen LogP contribution is 2.31. The maximum absolute atomic E-state index is 11.7. The second kappa shape index (κ2) is 6.81. The molecule has 0 saturated heterocycles. The van der Waals surface area contributed by atoms with E-state index in [2.05, 4.69) is 12.1 Å². The molecule has 1 aliphatic heterocycles. The minimum atomic E-state index is -0.911. The second-order valence-electron chi connectivity index (χ2n) is 5.86. The molecule has 4 nitrogen and oxygen atoms in total. The normalized spacial score (nSPS) is 19.7. The number of carbonyl (C=O) groups is 1. The van der Waals surface area contributed by atoms with Crippen molar-refractivity contribution >= 4 is 17.4 Å². The molecule has 2 aromatic rings. The summed E-state index contributed by atoms with van der Waals surface area (Å²) in [6, 6.07) is 19.9. The van der Waals surface area contributed by atoms with Gasteiger partial charge in [-0.05, 0) is 18.9 Å². The molecule has 24 heavy (non-hydrogen) atoms. The van der Waals surface area contributed by atoms with E-state index in [1.165, 1.54) is 5.56 Å². The highest BCUT2D eigenvalue weighted by atomic mass is 16.4. The first-order valence-corrected chi connectivity index (χ1v) is 8.17. The third-order valence-electron chi connectivity index (χ3n) is 4.36. The number of para-hydroxylation sites is 1. The number of hydrogen-bond donors (Lipinski definition) is 1. The van der Waals surface area contributed by atoms with Crippen LogP contribution < -0.4 is 4.59 Å². The maximum Gasteiger partial charge on any atom is 0.343 e. The predicted octanol–water partition coefficient (Wildman–Crippen LogP) is 3.98. The Morgan fingerprint density at radius 2 is 1.62 bits per heavy atom. The highest BCUT2D eigenvalue weighted by molar-refractivity contribution is 6.20. The molecule has 0 bridgehead atoms. The lowest BCUT2D eigenvalue weighted by Crippen LogP contribution is -2.36. The molecular formula is C20H21N2O2+. The molecular weight excluding hydrogens is 300 g/mol. The SMILES string of the molecule is CC[N+]1(c2ccccc2)C=C(C(=O)O)C(CCc2ccccc2)=N1. The highest BCUT2D eigenvalue weighted by Gasteiger charge is 2.38. The fourth-order valence-corrected chi connectivity index (χ4v) is 3.02. The summed E-state index contributed by atoms with van der Waals surface area (Å²) in [6.45, 7) is 2.70. The smallest absolute Gasteiger partial charge is 0.343 e. The summed E-state index contributed by atoms with van der Waals surface area (Å²) in [7, 11) is 0. The quantitative estimate of drug-likeness (QED) is 0.818. The molecule has 0 aromatic heterocycles. The van der Waals surface area contributed by atoms with Gasteiger partial charge >= 0.3 is 5.97 Å². The number of carboxylic acids is 1. The van der Waals surface area contributed by atoms with Crippen LogP contribution in [0.2, 0.25) is 0 Å². The number of aryl methyl sites for hydroxylation is 1. The Hall–Kier alpha value is -2.72. The molecule has 1 N–H and O–H groups in total. The van der Waals surface area contributed by atoms with E-state index < -0.39 is 5.97 Å². The summed E-state index contributed by atoms with van der Waals surface area (Å²) in [4.78, 5) is 11.7. The molecule has 1 heterocycles. The van der Waals surface area contributed by atoms with Crippen molar-refractivity contribution in [2.75, 3.05) is 6.54 Å². The monoisotopic (exact) mass is 321 g/mol. The van der Waals surface area contributed by atoms with E-state index in [0.717, 1.165) is 12.1 Å². The lowest BCUT2D eigenvalue weighted by molar-refractivity contribution is -0.132. The van der Waals surface area contributed by atoms with Crippen LogP contribution >= 0.6 is 0 Å². The molecule has 1 aliphatic rings. The maximum atomic E-state index is 11.7. The first-order valence-electron chi connectivity index (χ1n) is 8.17. The zero-order valence-electron chi connectivity index (χ0n) is 13.7. The van der Waals surface area contributed by atoms with Gasteiger partial charge in [-0.2, -0.15) is 0 Å². The standard InChI is InChI=1S/C20H20N2O2/c1-2-22(17-11-7-4-8-12-17)15-18(20(23)24)19(21-22)14-13-16-9-5-3-6-10-16/h3-12,15H,2,13-14H2,1H3/p+1. The minimum absolute atomic E-state index is 0.215. The number of nitrogens with zero attached hydrogens (tertiary/aromatic N) is 2. The molecule has 1 atom stereocenters. The lowest BCUT2D eigenvalue weighted by atomic mass is 10.0. The second-order valence-corrected chi connectivity index (χ2v) is 5.86. The fourth-order valence-electron chi connectivity index (χ4n) is 3.02. The van der Waals surface area contributed by atoms with Crippen LogP contribution in [0.25, 0.3) is 0 Å². The number of benzene rings is 2. The van der Waals surface area contributed by atoms with Crippen molar-refractivity contribution in [3.8, 4) is 0 Å². The van der Waals surface area contributed by atoms with E-state index in [1.54, 1.807) is 6.20 Å². The van der Waals surface area contributed by atoms with Crippen LogP contribution in [0.1, 0.15) is 18.9 Å². The van der Waals surface area contributed by atoms with Gasteiger partial charge in [0, 0.05) is 18.6 Å². The van der Waals surface area contributed by atoms with Gasteiger partial charge in [0.1, 0.15) is 24.0 Å². The Bertz CT molecular complexity index is 782. The number of quaternary nitrogens is 1. The summed E-state index contributed by atoms with van der Waals surface area (Å²) in [6.07, 6.45) is 3.16. The fraction of sp³-hybridized carbons (Fsp3) is 0.200. The van der Waals surface area contributed by atoms with Crippen LogP contribution in [-0.4, -0.2) is 23.3 Å². The van der Waals surface area contributed by atoms with Gasteiger partial charge < -0.3 is 5.11 Å². The van der Waals surface area contributed by atoms with E-state index in [9.17, 15) is 9.90 Å². The summed E-state index contributed by atoms with van der Waals surface area (Å²) in [5, 5.41) is 14.4. The van der Waals surface area contributed by atoms with Gasteiger partial charge in [-0.3, -0.25) is 0 Å². The number of carboxylic acid groups (broad SMARTS) is 1. The molecule has 1 unspecified atom stereocenters. The van der Waals surface area contributed by atoms with Crippen molar-refractivity contribution in [1.82, 2.24) is 4.59 Å². The van der Waals surface area contributed by atoms with Gasteiger partial charge in [0.15, 0.2) is 5.69 Å². The van der Waals surface area contributed by atoms with Crippen molar-refractivity contribution in [3.05, 3.63) is 78.0 Å². The van der Waals surface area contributed by atoms with Crippen LogP contribution in [-0.2, 0) is 11.2 Å². The minimum Gasteiger partial charge on any atom is -0.477 e. The number of aliphatic carboxylic acids is 1. The Kier molecular flexibility index (Phi) is 4.58. The van der Waals surface area contributed by atoms with E-state index >= 15 is 0 Å². The van der Waals surface area contributed by atoms with Crippen molar-refractivity contribution in [1.29, 1.82) is 0 Å². The third kappa shape index (κ3) is 3.14. The van der Waals surface area contributed by atoms with Gasteiger partial charge in [-0.25, -0.2) is 4.79 Å². The Balaban J connectivity index is 1.92. The molecule has 0 spiro atoms. The van der Waals surface area contributed by atoms with Crippen molar-refractivity contribution in [3.63, 3.8) is 0 Å². The average Bonchev–Trinajstić information content (AvgIpc) is 3.02. The summed E-state index contributed by atoms with van der Waals surface area (Å²) < 4.78 is 0.215. The summed E-state index contributed by atoms with van der Waals surface area (Å²) in [5.74, 6) is -0.911. The van der Waals surface area contributed by atoms with Gasteiger partial charge in [-0.1, -0.05) is 53.6 Å². The zero-order chi connectivity index (χ0) is 17.0. The first-order chi connectivity index (χ1) is 11.6. The summed E-state index contributed by atoms with van der Waals surface area (Å²) in [5.41, 5.74) is 3.15. The third-order valence-corrected chi connectivity index (χ3v) is 4.36. The Morgan fingerprint density at radius 1 is 1.00 bits per heavy atom. The van der Waals surface area contributed by atoms with Crippen molar-refractivity contribution in [2.24, 2.45) is 5.10 Å². The van der Waals surface area contributed by atoms with Crippen LogP contribution in [0.4, 0.5) is 5.69 Å². The van der Waals surface area contributed by atoms with Crippen molar-refractivity contribution in [2.45, 2.75) is 19.8 Å². The first kappa shape index (κ1) is 16.1. The van der Waals surface area contributed by atoms with Gasteiger partial charge in [0.25, 0.3) is 0 Å². The van der Waals surface area contributed by atoms with E-state index in [0.29, 0.717) is 24.3 Å². The van der Waals surface area contributed by atoms with E-state index in [4.69, 9.17) is 5.10 Å². The molecule has 0 aliphatic carbocycles. The molecule has 2 aromatic carbocycles. The molecule has 0 radical (unpaired) electrons. The van der Waals surface area contributed by atoms with Crippen LogP contribution in [0.5, 0.6) is 0 Å². The van der Waals surface area contributed by atoms with E-state index in [-0.39, 0.29) is 4.59 Å². The molecule has 122 valence electrons. The number of rotatable bonds is 6. The molecule has 3 rings (SSSR count). The topological polar surface area (TPSA) is 49.7 Å². The van der Waals surface area contributed by atoms with Crippen molar-refractivity contribution < 1.29 is 9.90 Å². The van der Waals surface area contributed by atoms with Crippen LogP contribution in [0.3, 0.4) is 0 Å². The molecule has 0 amide bonds. The lowest BCUT2D eigenvalue weighted by Gasteiger charge is -2.23. The largest absolute Gasteiger partial charge is 0.477 e. The van der Waals surface area contributed by atoms with Crippen LogP contribution in [0.15, 0.2) is 77.5 Å². The van der Waals surface area contributed by atoms with Crippen LogP contribution in [0, 0.1) is 0 Å².